The van der Waals surface area contributed by atoms with E-state index >= 15 is 0 Å². The second kappa shape index (κ2) is 21.7. The van der Waals surface area contributed by atoms with Crippen LogP contribution in [0.4, 0.5) is 0 Å². The highest BCUT2D eigenvalue weighted by Crippen LogP contribution is 2.44. The van der Waals surface area contributed by atoms with Crippen LogP contribution in [0.2, 0.25) is 0 Å². The van der Waals surface area contributed by atoms with Gasteiger partial charge in [-0.25, -0.2) is 0 Å². The van der Waals surface area contributed by atoms with Crippen LogP contribution >= 0.6 is 0 Å². The van der Waals surface area contributed by atoms with Gasteiger partial charge in [-0.15, -0.1) is 0 Å². The number of benzene rings is 10. The number of pyridine rings is 6. The lowest BCUT2D eigenvalue weighted by molar-refractivity contribution is 1.12. The minimum absolute atomic E-state index is 0.784. The van der Waals surface area contributed by atoms with Gasteiger partial charge in [0.25, 0.3) is 0 Å². The molecule has 0 bridgehead atoms. The third-order valence-electron chi connectivity index (χ3n) is 21.0. The number of aromatic nitrogens is 12. The first-order valence-corrected chi connectivity index (χ1v) is 34.2. The van der Waals surface area contributed by atoms with Gasteiger partial charge in [-0.1, -0.05) is 133 Å². The lowest BCUT2D eigenvalue weighted by Gasteiger charge is -2.18. The molecule has 0 aliphatic carbocycles. The van der Waals surface area contributed by atoms with Gasteiger partial charge >= 0.3 is 0 Å². The molecule has 22 rings (SSSR count). The normalized spacial score (nSPS) is 12.1. The summed E-state index contributed by atoms with van der Waals surface area (Å²) in [5, 5.41) is 13.7. The highest BCUT2D eigenvalue weighted by molar-refractivity contribution is 6.15. The van der Waals surface area contributed by atoms with E-state index in [0.29, 0.717) is 0 Å². The summed E-state index contributed by atoms with van der Waals surface area (Å²) >= 11 is 0. The molecule has 0 spiro atoms. The van der Waals surface area contributed by atoms with Crippen molar-refractivity contribution in [1.29, 1.82) is 0 Å². The van der Waals surface area contributed by atoms with Crippen LogP contribution in [0.1, 0.15) is 0 Å². The lowest BCUT2D eigenvalue weighted by atomic mass is 10.0. The van der Waals surface area contributed by atoms with Crippen LogP contribution in [-0.2, 0) is 0 Å². The molecule has 12 aromatic heterocycles. The zero-order valence-electron chi connectivity index (χ0n) is 54.5. The smallest absolute Gasteiger partial charge is 0.0894 e. The Morgan fingerprint density at radius 3 is 0.686 bits per heavy atom. The molecule has 0 radical (unpaired) electrons. The summed E-state index contributed by atoms with van der Waals surface area (Å²) < 4.78 is 14.1. The molecular formula is C90H54N12. The molecule has 102 heavy (non-hydrogen) atoms. The van der Waals surface area contributed by atoms with Crippen molar-refractivity contribution < 1.29 is 0 Å². The number of hydrogen-bond donors (Lipinski definition) is 0. The van der Waals surface area contributed by atoms with Crippen molar-refractivity contribution >= 4 is 131 Å². The molecule has 0 saturated carbocycles. The van der Waals surface area contributed by atoms with Crippen LogP contribution < -0.4 is 0 Å². The minimum atomic E-state index is 0.784. The topological polar surface area (TPSA) is 107 Å². The zero-order chi connectivity index (χ0) is 66.7. The van der Waals surface area contributed by atoms with Gasteiger partial charge in [-0.3, -0.25) is 29.9 Å². The maximum atomic E-state index is 5.39. The summed E-state index contributed by atoms with van der Waals surface area (Å²) in [6.45, 7) is 0. The van der Waals surface area contributed by atoms with Crippen LogP contribution in [0.25, 0.3) is 199 Å². The fourth-order valence-electron chi connectivity index (χ4n) is 16.6. The Hall–Kier alpha value is -14.1. The third-order valence-corrected chi connectivity index (χ3v) is 21.0. The largest absolute Gasteiger partial charge is 0.308 e. The summed E-state index contributed by atoms with van der Waals surface area (Å²) in [6, 6.07) is 96.6. The maximum Gasteiger partial charge on any atom is 0.0894 e. The standard InChI is InChI=1S/C90H54N12/c1-7-19-79-65(13-1)71-33-37-91-49-85(71)97(79)59-29-25-55(26-30-59)56-27-31-60(32-28-56)98-83-23-11-5-17-69(83)75-47-77(95-53-89(75)98)78-48-76-70-18-6-12-24-84(70)102(90(76)54-96-78)64-44-58(43-63(46-64)101-82-22-10-4-16-68(82)74-36-40-94-52-88(74)101)57-41-61(99-80-20-8-2-14-66(80)72-34-38-92-50-86(72)99)45-62(42-57)100-81-21-9-3-15-67(81)73-35-39-93-51-87(73)100/h1-54H. The van der Waals surface area contributed by atoms with E-state index in [1.54, 1.807) is 0 Å². The average Bonchev–Trinajstić information content (AvgIpc) is 1.57. The number of para-hydroxylation sites is 6. The Balaban J connectivity index is 0.697. The molecule has 0 amide bonds. The van der Waals surface area contributed by atoms with Crippen LogP contribution in [0, 0.1) is 0 Å². The van der Waals surface area contributed by atoms with E-state index in [4.69, 9.17) is 24.9 Å². The molecule has 0 saturated heterocycles. The van der Waals surface area contributed by atoms with Gasteiger partial charge in [0.15, 0.2) is 0 Å². The van der Waals surface area contributed by atoms with Gasteiger partial charge in [0, 0.05) is 124 Å². The molecule has 12 heterocycles. The second-order valence-corrected chi connectivity index (χ2v) is 26.4. The van der Waals surface area contributed by atoms with Gasteiger partial charge in [0.2, 0.25) is 0 Å². The monoisotopic (exact) mass is 1300 g/mol. The van der Waals surface area contributed by atoms with Crippen LogP contribution in [0.3, 0.4) is 0 Å². The number of nitrogens with zero attached hydrogens (tertiary/aromatic N) is 12. The highest BCUT2D eigenvalue weighted by Gasteiger charge is 2.24. The average molecular weight is 1300 g/mol. The van der Waals surface area contributed by atoms with Crippen LogP contribution in [0.5, 0.6) is 0 Å². The number of fused-ring (bicyclic) bond motifs is 18. The molecule has 12 nitrogen and oxygen atoms in total. The van der Waals surface area contributed by atoms with Gasteiger partial charge in [-0.2, -0.15) is 0 Å². The fourth-order valence-corrected chi connectivity index (χ4v) is 16.6. The highest BCUT2D eigenvalue weighted by atomic mass is 15.1. The minimum Gasteiger partial charge on any atom is -0.308 e. The van der Waals surface area contributed by atoms with Gasteiger partial charge in [0.1, 0.15) is 0 Å². The van der Waals surface area contributed by atoms with E-state index in [1.807, 2.05) is 62.0 Å². The Morgan fingerprint density at radius 2 is 0.402 bits per heavy atom. The molecule has 12 heteroatoms. The van der Waals surface area contributed by atoms with Crippen molar-refractivity contribution in [3.63, 3.8) is 0 Å². The van der Waals surface area contributed by atoms with Gasteiger partial charge in [0.05, 0.1) is 115 Å². The van der Waals surface area contributed by atoms with Crippen LogP contribution in [0.15, 0.2) is 329 Å². The molecule has 0 fully saturated rings. The molecule has 0 aliphatic rings. The van der Waals surface area contributed by atoms with Crippen molar-refractivity contribution in [3.8, 4) is 67.8 Å². The van der Waals surface area contributed by atoms with Crippen LogP contribution in [-0.4, -0.2) is 57.3 Å². The van der Waals surface area contributed by atoms with Crippen molar-refractivity contribution in [1.82, 2.24) is 57.3 Å². The first-order valence-electron chi connectivity index (χ1n) is 34.2. The van der Waals surface area contributed by atoms with Gasteiger partial charge in [-0.05, 0) is 156 Å². The van der Waals surface area contributed by atoms with E-state index < -0.39 is 0 Å². The Kier molecular flexibility index (Phi) is 11.9. The van der Waals surface area contributed by atoms with E-state index in [2.05, 4.69) is 299 Å². The summed E-state index contributed by atoms with van der Waals surface area (Å²) in [6.07, 6.45) is 19.5. The Bertz CT molecular complexity index is 6920. The van der Waals surface area contributed by atoms with Crippen molar-refractivity contribution in [2.45, 2.75) is 0 Å². The van der Waals surface area contributed by atoms with Gasteiger partial charge < -0.3 is 27.4 Å². The summed E-state index contributed by atoms with van der Waals surface area (Å²) in [5.74, 6) is 0. The molecule has 0 unspecified atom stereocenters. The van der Waals surface area contributed by atoms with Crippen molar-refractivity contribution in [3.05, 3.63) is 329 Å². The fraction of sp³-hybridized carbons (Fsp3) is 0. The van der Waals surface area contributed by atoms with E-state index in [1.165, 1.54) is 10.8 Å². The maximum absolute atomic E-state index is 5.39. The van der Waals surface area contributed by atoms with E-state index in [-0.39, 0.29) is 0 Å². The Labute approximate surface area is 581 Å². The first kappa shape index (κ1) is 56.0. The Morgan fingerprint density at radius 1 is 0.167 bits per heavy atom. The third kappa shape index (κ3) is 8.25. The SMILES string of the molecule is c1ccc2c(c1)c1ccncc1n2-c1ccc(-c2ccc(-n3c4ccccc4c4cc(-c5cc6c7ccccc7n(-c7cc(-c8cc(-n9c%10ccccc%10c%10ccncc%109)cc(-n9c%10ccccc%10c%10ccncc%109)c8)cc(-n8c9ccccc9c9ccncc98)c7)c6cn5)ncc43)cc2)cc1. The molecular weight excluding hydrogens is 1250 g/mol. The molecule has 0 N–H and O–H groups in total. The molecule has 10 aromatic carbocycles. The second-order valence-electron chi connectivity index (χ2n) is 26.4. The quantitative estimate of drug-likeness (QED) is 0.142. The summed E-state index contributed by atoms with van der Waals surface area (Å²) in [5.41, 5.74) is 24.7. The lowest BCUT2D eigenvalue weighted by Crippen LogP contribution is -2.02. The molecule has 0 atom stereocenters. The van der Waals surface area contributed by atoms with Crippen molar-refractivity contribution in [2.75, 3.05) is 0 Å². The molecule has 474 valence electrons. The van der Waals surface area contributed by atoms with E-state index in [9.17, 15) is 0 Å². The summed E-state index contributed by atoms with van der Waals surface area (Å²) in [7, 11) is 0. The van der Waals surface area contributed by atoms with E-state index in [0.717, 1.165) is 188 Å². The molecule has 0 aliphatic heterocycles. The number of rotatable bonds is 9. The first-order chi connectivity index (χ1) is 50.6. The zero-order valence-corrected chi connectivity index (χ0v) is 54.5. The van der Waals surface area contributed by atoms with Crippen molar-refractivity contribution in [2.24, 2.45) is 0 Å². The number of hydrogen-bond acceptors (Lipinski definition) is 6. The molecule has 22 aromatic rings. The predicted molar refractivity (Wildman–Crippen MR) is 416 cm³/mol. The summed E-state index contributed by atoms with van der Waals surface area (Å²) in [4.78, 5) is 29.4. The predicted octanol–water partition coefficient (Wildman–Crippen LogP) is 21.6.